The zero-order valence-electron chi connectivity index (χ0n) is 6.82. The molecule has 2 atom stereocenters. The minimum atomic E-state index is -0.373. The first-order chi connectivity index (χ1) is 5.77. The van der Waals surface area contributed by atoms with Crippen molar-refractivity contribution in [3.05, 3.63) is 24.3 Å². The van der Waals surface area contributed by atoms with Gasteiger partial charge in [0.1, 0.15) is 11.7 Å². The number of allylic oxidation sites excluding steroid dienone is 2. The zero-order chi connectivity index (χ0) is 8.60. The number of hydrogen-bond donors (Lipinski definition) is 0. The molecule has 2 unspecified atom stereocenters. The van der Waals surface area contributed by atoms with E-state index < -0.39 is 0 Å². The minimum Gasteiger partial charge on any atom is -0.469 e. The molecule has 1 heterocycles. The quantitative estimate of drug-likeness (QED) is 0.450. The Kier molecular flexibility index (Phi) is 1.54. The lowest BCUT2D eigenvalue weighted by Crippen LogP contribution is -2.19. The van der Waals surface area contributed by atoms with Crippen LogP contribution < -0.4 is 0 Å². The third-order valence-electron chi connectivity index (χ3n) is 2.19. The first-order valence-corrected chi connectivity index (χ1v) is 3.87. The maximum absolute atomic E-state index is 11.0. The van der Waals surface area contributed by atoms with E-state index in [1.165, 1.54) is 7.11 Å². The van der Waals surface area contributed by atoms with Crippen molar-refractivity contribution in [1.29, 1.82) is 0 Å². The van der Waals surface area contributed by atoms with Crippen LogP contribution in [0.15, 0.2) is 24.3 Å². The van der Waals surface area contributed by atoms with Gasteiger partial charge in [0.15, 0.2) is 0 Å². The van der Waals surface area contributed by atoms with Gasteiger partial charge in [0.2, 0.25) is 0 Å². The predicted octanol–water partition coefficient (Wildman–Crippen LogP) is 0.813. The average molecular weight is 166 g/mol. The number of epoxide rings is 1. The smallest absolute Gasteiger partial charge is 0.308 e. The molecule has 1 fully saturated rings. The second-order valence-corrected chi connectivity index (χ2v) is 2.99. The molecule has 3 nitrogen and oxygen atoms in total. The Hall–Kier alpha value is -1.09. The fraction of sp³-hybridized carbons (Fsp3) is 0.444. The van der Waals surface area contributed by atoms with Crippen LogP contribution in [0.1, 0.15) is 6.42 Å². The van der Waals surface area contributed by atoms with Crippen LogP contribution in [0.4, 0.5) is 0 Å². The molecule has 0 spiro atoms. The molecule has 2 aliphatic rings. The Morgan fingerprint density at radius 1 is 1.67 bits per heavy atom. The highest BCUT2D eigenvalue weighted by atomic mass is 16.6. The Morgan fingerprint density at radius 3 is 3.17 bits per heavy atom. The SMILES string of the molecule is COC(=O)CC12C=CC=CC1O2. The first-order valence-electron chi connectivity index (χ1n) is 3.87. The number of rotatable bonds is 2. The number of carbonyl (C=O) groups excluding carboxylic acids is 1. The topological polar surface area (TPSA) is 38.8 Å². The third-order valence-corrected chi connectivity index (χ3v) is 2.19. The Balaban J connectivity index is 2.02. The van der Waals surface area contributed by atoms with Gasteiger partial charge in [-0.15, -0.1) is 0 Å². The summed E-state index contributed by atoms with van der Waals surface area (Å²) >= 11 is 0. The van der Waals surface area contributed by atoms with Gasteiger partial charge in [0, 0.05) is 0 Å². The van der Waals surface area contributed by atoms with Crippen LogP contribution >= 0.6 is 0 Å². The van der Waals surface area contributed by atoms with E-state index in [0.717, 1.165) is 0 Å². The number of methoxy groups -OCH3 is 1. The summed E-state index contributed by atoms with van der Waals surface area (Å²) in [5.74, 6) is -0.225. The van der Waals surface area contributed by atoms with Crippen molar-refractivity contribution in [3.63, 3.8) is 0 Å². The van der Waals surface area contributed by atoms with Crippen molar-refractivity contribution in [2.24, 2.45) is 0 Å². The number of hydrogen-bond acceptors (Lipinski definition) is 3. The Morgan fingerprint density at radius 2 is 2.50 bits per heavy atom. The molecule has 1 aliphatic carbocycles. The summed E-state index contributed by atoms with van der Waals surface area (Å²) in [6.45, 7) is 0. The van der Waals surface area contributed by atoms with E-state index in [0.29, 0.717) is 6.42 Å². The monoisotopic (exact) mass is 166 g/mol. The number of carbonyl (C=O) groups is 1. The molecule has 0 bridgehead atoms. The zero-order valence-corrected chi connectivity index (χ0v) is 6.82. The van der Waals surface area contributed by atoms with Gasteiger partial charge in [-0.3, -0.25) is 4.79 Å². The van der Waals surface area contributed by atoms with E-state index in [4.69, 9.17) is 4.74 Å². The average Bonchev–Trinajstić information content (AvgIpc) is 2.78. The molecule has 0 aromatic heterocycles. The van der Waals surface area contributed by atoms with Gasteiger partial charge >= 0.3 is 5.97 Å². The predicted molar refractivity (Wildman–Crippen MR) is 42.5 cm³/mol. The highest BCUT2D eigenvalue weighted by molar-refractivity contribution is 5.72. The minimum absolute atomic E-state index is 0.0848. The van der Waals surface area contributed by atoms with Crippen molar-refractivity contribution < 1.29 is 14.3 Å². The molecule has 12 heavy (non-hydrogen) atoms. The summed E-state index contributed by atoms with van der Waals surface area (Å²) in [5.41, 5.74) is -0.373. The molecule has 3 heteroatoms. The van der Waals surface area contributed by atoms with Gasteiger partial charge in [0.05, 0.1) is 13.5 Å². The van der Waals surface area contributed by atoms with Crippen molar-refractivity contribution >= 4 is 5.97 Å². The summed E-state index contributed by atoms with van der Waals surface area (Å²) < 4.78 is 9.93. The standard InChI is InChI=1S/C9H10O3/c1-11-8(10)6-9-5-3-2-4-7(9)12-9/h2-5,7H,6H2,1H3. The third kappa shape index (κ3) is 1.06. The Labute approximate surface area is 70.7 Å². The van der Waals surface area contributed by atoms with Gasteiger partial charge in [-0.25, -0.2) is 0 Å². The molecule has 64 valence electrons. The van der Waals surface area contributed by atoms with Crippen LogP contribution in [0.3, 0.4) is 0 Å². The molecule has 1 saturated heterocycles. The normalized spacial score (nSPS) is 35.9. The molecule has 0 aromatic carbocycles. The van der Waals surface area contributed by atoms with E-state index in [1.807, 2.05) is 24.3 Å². The van der Waals surface area contributed by atoms with E-state index in [2.05, 4.69) is 4.74 Å². The second-order valence-electron chi connectivity index (χ2n) is 2.99. The maximum atomic E-state index is 11.0. The summed E-state index contributed by atoms with van der Waals surface area (Å²) in [7, 11) is 1.39. The molecule has 0 aromatic rings. The van der Waals surface area contributed by atoms with Crippen LogP contribution in [-0.2, 0) is 14.3 Å². The van der Waals surface area contributed by atoms with Crippen LogP contribution in [0, 0.1) is 0 Å². The van der Waals surface area contributed by atoms with Gasteiger partial charge in [-0.05, 0) is 6.08 Å². The summed E-state index contributed by atoms with van der Waals surface area (Å²) in [4.78, 5) is 11.0. The van der Waals surface area contributed by atoms with Crippen LogP contribution in [0.5, 0.6) is 0 Å². The van der Waals surface area contributed by atoms with E-state index in [9.17, 15) is 4.79 Å². The lowest BCUT2D eigenvalue weighted by molar-refractivity contribution is -0.141. The van der Waals surface area contributed by atoms with Crippen LogP contribution in [0.25, 0.3) is 0 Å². The van der Waals surface area contributed by atoms with E-state index in [-0.39, 0.29) is 17.7 Å². The molecule has 0 N–H and O–H groups in total. The largest absolute Gasteiger partial charge is 0.469 e. The number of esters is 1. The molecular weight excluding hydrogens is 156 g/mol. The van der Waals surface area contributed by atoms with Gasteiger partial charge in [-0.1, -0.05) is 18.2 Å². The number of fused-ring (bicyclic) bond motifs is 1. The lowest BCUT2D eigenvalue weighted by Gasteiger charge is -2.06. The van der Waals surface area contributed by atoms with Crippen molar-refractivity contribution in [2.45, 2.75) is 18.1 Å². The van der Waals surface area contributed by atoms with Crippen molar-refractivity contribution in [2.75, 3.05) is 7.11 Å². The fourth-order valence-corrected chi connectivity index (χ4v) is 1.42. The van der Waals surface area contributed by atoms with Crippen molar-refractivity contribution in [3.8, 4) is 0 Å². The molecule has 2 rings (SSSR count). The van der Waals surface area contributed by atoms with Crippen molar-refractivity contribution in [1.82, 2.24) is 0 Å². The molecule has 0 amide bonds. The highest BCUT2D eigenvalue weighted by Crippen LogP contribution is 2.44. The molecule has 0 saturated carbocycles. The molecular formula is C9H10O3. The maximum Gasteiger partial charge on any atom is 0.308 e. The van der Waals surface area contributed by atoms with Gasteiger partial charge in [-0.2, -0.15) is 0 Å². The molecule has 1 aliphatic heterocycles. The lowest BCUT2D eigenvalue weighted by atomic mass is 9.97. The summed E-state index contributed by atoms with van der Waals surface area (Å²) in [6.07, 6.45) is 8.08. The highest BCUT2D eigenvalue weighted by Gasteiger charge is 2.55. The fourth-order valence-electron chi connectivity index (χ4n) is 1.42. The van der Waals surface area contributed by atoms with Gasteiger partial charge < -0.3 is 9.47 Å². The van der Waals surface area contributed by atoms with Crippen LogP contribution in [0.2, 0.25) is 0 Å². The second kappa shape index (κ2) is 2.45. The first kappa shape index (κ1) is 7.55. The molecule has 0 radical (unpaired) electrons. The Bertz CT molecular complexity index is 267. The summed E-state index contributed by atoms with van der Waals surface area (Å²) in [5, 5.41) is 0. The van der Waals surface area contributed by atoms with Crippen LogP contribution in [-0.4, -0.2) is 24.8 Å². The summed E-state index contributed by atoms with van der Waals surface area (Å²) in [6, 6.07) is 0. The van der Waals surface area contributed by atoms with E-state index >= 15 is 0 Å². The van der Waals surface area contributed by atoms with Gasteiger partial charge in [0.25, 0.3) is 0 Å². The number of ether oxygens (including phenoxy) is 2. The van der Waals surface area contributed by atoms with E-state index in [1.54, 1.807) is 0 Å².